The molecule has 0 aliphatic rings. The molecular weight excluding hydrogens is 180 g/mol. The molecule has 0 amide bonds. The molecule has 5 nitrogen and oxygen atoms in total. The van der Waals surface area contributed by atoms with Gasteiger partial charge in [0.1, 0.15) is 6.07 Å². The summed E-state index contributed by atoms with van der Waals surface area (Å²) < 4.78 is 22.2. The molecule has 0 spiro atoms. The lowest BCUT2D eigenvalue weighted by atomic mass is 10.0. The number of oxime groups is 1. The Balaban J connectivity index is 4.25. The van der Waals surface area contributed by atoms with Gasteiger partial charge in [0.15, 0.2) is 5.71 Å². The fourth-order valence-electron chi connectivity index (χ4n) is 0.486. The van der Waals surface area contributed by atoms with Gasteiger partial charge in [0.2, 0.25) is 0 Å². The van der Waals surface area contributed by atoms with Gasteiger partial charge in [-0.05, 0) is 6.42 Å². The lowest BCUT2D eigenvalue weighted by Crippen LogP contribution is -2.08. The van der Waals surface area contributed by atoms with Crippen LogP contribution in [0.4, 0.5) is 0 Å². The normalized spacial score (nSPS) is 16.3. The molecule has 0 saturated heterocycles. The predicted octanol–water partition coefficient (Wildman–Crippen LogP) is 1.07. The van der Waals surface area contributed by atoms with Crippen LogP contribution in [0, 0.1) is 17.2 Å². The number of rotatable bonds is 4. The quantitative estimate of drug-likeness (QED) is 0.408. The van der Waals surface area contributed by atoms with E-state index in [1.165, 1.54) is 0 Å². The van der Waals surface area contributed by atoms with E-state index in [0.717, 1.165) is 6.42 Å². The average Bonchev–Trinajstić information content (AvgIpc) is 2.04. The number of nitriles is 1. The van der Waals surface area contributed by atoms with Gasteiger partial charge in [0, 0.05) is 5.92 Å². The van der Waals surface area contributed by atoms with Gasteiger partial charge in [-0.2, -0.15) is 9.47 Å². The summed E-state index contributed by atoms with van der Waals surface area (Å²) in [7, 11) is 0. The Kier molecular flexibility index (Phi) is 5.25. The van der Waals surface area contributed by atoms with Crippen LogP contribution in [-0.2, 0) is 15.6 Å². The number of hydrogen-bond acceptors (Lipinski definition) is 4. The molecule has 0 aromatic heterocycles. The fraction of sp³-hybridized carbons (Fsp3) is 0.667. The second-order valence-electron chi connectivity index (χ2n) is 2.19. The molecule has 0 aliphatic heterocycles. The molecule has 0 heterocycles. The Morgan fingerprint density at radius 3 is 2.83 bits per heavy atom. The van der Waals surface area contributed by atoms with Gasteiger partial charge in [-0.15, -0.1) is 0 Å². The highest BCUT2D eigenvalue weighted by Crippen LogP contribution is 2.03. The van der Waals surface area contributed by atoms with Gasteiger partial charge in [0.25, 0.3) is 0 Å². The predicted molar refractivity (Wildman–Crippen MR) is 44.4 cm³/mol. The second kappa shape index (κ2) is 5.69. The second-order valence-corrected chi connectivity index (χ2v) is 2.77. The molecular formula is C6H10N2O3S. The first-order valence-electron chi connectivity index (χ1n) is 3.38. The smallest absolute Gasteiger partial charge is 0.273 e. The van der Waals surface area contributed by atoms with E-state index in [1.807, 2.05) is 6.92 Å². The minimum absolute atomic E-state index is 0.0569. The Labute approximate surface area is 73.5 Å². The van der Waals surface area contributed by atoms with E-state index in [1.54, 1.807) is 13.0 Å². The summed E-state index contributed by atoms with van der Waals surface area (Å²) in [6.07, 6.45) is 0.730. The summed E-state index contributed by atoms with van der Waals surface area (Å²) in [6, 6.07) is 1.79. The van der Waals surface area contributed by atoms with Crippen LogP contribution in [0.3, 0.4) is 0 Å². The summed E-state index contributed by atoms with van der Waals surface area (Å²) in [6.45, 7) is 3.67. The highest BCUT2D eigenvalue weighted by Gasteiger charge is 2.08. The molecule has 0 radical (unpaired) electrons. The van der Waals surface area contributed by atoms with E-state index in [2.05, 4.69) is 9.44 Å². The SMILES string of the molecule is CCC(C)C(C#N)=NOS(=O)O. The van der Waals surface area contributed by atoms with Crippen molar-refractivity contribution < 1.29 is 13.0 Å². The van der Waals surface area contributed by atoms with Gasteiger partial charge in [-0.3, -0.25) is 8.84 Å². The van der Waals surface area contributed by atoms with Crippen LogP contribution in [-0.4, -0.2) is 14.5 Å². The Hall–Kier alpha value is -0.930. The molecule has 6 heteroatoms. The van der Waals surface area contributed by atoms with Crippen molar-refractivity contribution in [3.8, 4) is 6.07 Å². The minimum Gasteiger partial charge on any atom is -0.273 e. The van der Waals surface area contributed by atoms with Crippen LogP contribution >= 0.6 is 0 Å². The molecule has 0 aliphatic carbocycles. The molecule has 0 aromatic carbocycles. The van der Waals surface area contributed by atoms with Crippen LogP contribution in [0.25, 0.3) is 0 Å². The van der Waals surface area contributed by atoms with Crippen molar-refractivity contribution in [2.75, 3.05) is 0 Å². The van der Waals surface area contributed by atoms with Gasteiger partial charge in [0.05, 0.1) is 0 Å². The first-order valence-corrected chi connectivity index (χ1v) is 4.41. The first kappa shape index (κ1) is 11.1. The summed E-state index contributed by atoms with van der Waals surface area (Å²) in [4.78, 5) is 0. The Bertz CT molecular complexity index is 233. The molecule has 0 rings (SSSR count). The van der Waals surface area contributed by atoms with Crippen LogP contribution in [0.1, 0.15) is 20.3 Å². The van der Waals surface area contributed by atoms with Crippen molar-refractivity contribution in [2.24, 2.45) is 11.1 Å². The van der Waals surface area contributed by atoms with Crippen molar-refractivity contribution >= 4 is 17.1 Å². The van der Waals surface area contributed by atoms with Crippen molar-refractivity contribution in [3.63, 3.8) is 0 Å². The molecule has 2 unspecified atom stereocenters. The summed E-state index contributed by atoms with van der Waals surface area (Å²) in [5.41, 5.74) is 0.125. The lowest BCUT2D eigenvalue weighted by Gasteiger charge is -2.02. The molecule has 12 heavy (non-hydrogen) atoms. The summed E-state index contributed by atoms with van der Waals surface area (Å²) >= 11 is -2.44. The standard InChI is InChI=1S/C6H10N2O3S/c1-3-5(2)6(4-7)8-11-12(9)10/h5H,3H2,1-2H3,(H,9,10). The zero-order valence-corrected chi connectivity index (χ0v) is 7.67. The summed E-state index contributed by atoms with van der Waals surface area (Å²) in [5, 5.41) is 11.7. The van der Waals surface area contributed by atoms with Crippen LogP contribution in [0.5, 0.6) is 0 Å². The topological polar surface area (TPSA) is 82.7 Å². The fourth-order valence-corrected chi connectivity index (χ4v) is 0.630. The van der Waals surface area contributed by atoms with Gasteiger partial charge >= 0.3 is 11.4 Å². The molecule has 68 valence electrons. The maximum absolute atomic E-state index is 10.0. The van der Waals surface area contributed by atoms with E-state index in [-0.39, 0.29) is 11.6 Å². The van der Waals surface area contributed by atoms with Crippen molar-refractivity contribution in [1.29, 1.82) is 5.26 Å². The Morgan fingerprint density at radius 2 is 2.50 bits per heavy atom. The van der Waals surface area contributed by atoms with E-state index in [4.69, 9.17) is 9.81 Å². The van der Waals surface area contributed by atoms with Gasteiger partial charge in [-0.25, -0.2) is 0 Å². The number of hydrogen-bond donors (Lipinski definition) is 1. The zero-order chi connectivity index (χ0) is 9.56. The molecule has 1 N–H and O–H groups in total. The van der Waals surface area contributed by atoms with E-state index < -0.39 is 11.4 Å². The summed E-state index contributed by atoms with van der Waals surface area (Å²) in [5.74, 6) is -0.0569. The third kappa shape index (κ3) is 4.05. The minimum atomic E-state index is -2.44. The van der Waals surface area contributed by atoms with E-state index >= 15 is 0 Å². The highest BCUT2D eigenvalue weighted by molar-refractivity contribution is 7.74. The third-order valence-corrected chi connectivity index (χ3v) is 1.60. The highest BCUT2D eigenvalue weighted by atomic mass is 32.2. The molecule has 0 saturated carbocycles. The Morgan fingerprint density at radius 1 is 1.92 bits per heavy atom. The maximum Gasteiger partial charge on any atom is 0.378 e. The number of nitrogens with zero attached hydrogens (tertiary/aromatic N) is 2. The third-order valence-electron chi connectivity index (χ3n) is 1.39. The van der Waals surface area contributed by atoms with Crippen LogP contribution in [0.15, 0.2) is 5.16 Å². The van der Waals surface area contributed by atoms with Gasteiger partial charge < -0.3 is 0 Å². The average molecular weight is 190 g/mol. The van der Waals surface area contributed by atoms with Gasteiger partial charge in [-0.1, -0.05) is 19.0 Å². The lowest BCUT2D eigenvalue weighted by molar-refractivity contribution is 0.323. The molecule has 0 fully saturated rings. The largest absolute Gasteiger partial charge is 0.378 e. The molecule has 0 aromatic rings. The van der Waals surface area contributed by atoms with Crippen LogP contribution in [0.2, 0.25) is 0 Å². The maximum atomic E-state index is 10.0. The first-order chi connectivity index (χ1) is 5.61. The van der Waals surface area contributed by atoms with Crippen molar-refractivity contribution in [3.05, 3.63) is 0 Å². The monoisotopic (exact) mass is 190 g/mol. The molecule has 0 bridgehead atoms. The van der Waals surface area contributed by atoms with E-state index in [0.29, 0.717) is 0 Å². The zero-order valence-electron chi connectivity index (χ0n) is 6.85. The van der Waals surface area contributed by atoms with Crippen LogP contribution < -0.4 is 0 Å². The van der Waals surface area contributed by atoms with Crippen molar-refractivity contribution in [1.82, 2.24) is 0 Å². The van der Waals surface area contributed by atoms with Crippen molar-refractivity contribution in [2.45, 2.75) is 20.3 Å². The van der Waals surface area contributed by atoms with E-state index in [9.17, 15) is 4.21 Å². The molecule has 2 atom stereocenters.